The van der Waals surface area contributed by atoms with Crippen LogP contribution in [-0.2, 0) is 6.18 Å². The fraction of sp³-hybridized carbons (Fsp3) is 0.133. The number of alkyl halides is 3. The summed E-state index contributed by atoms with van der Waals surface area (Å²) in [5.74, 6) is 0. The number of carbonyl (C=O) groups is 1. The molecule has 0 saturated heterocycles. The van der Waals surface area contributed by atoms with Gasteiger partial charge in [-0.05, 0) is 42.4 Å². The van der Waals surface area contributed by atoms with Crippen LogP contribution in [-0.4, -0.2) is 5.12 Å². The smallest absolute Gasteiger partial charge is 0.281 e. The molecule has 0 aliphatic heterocycles. The average Bonchev–Trinajstić information content (AvgIpc) is 2.38. The molecule has 0 atom stereocenters. The quantitative estimate of drug-likeness (QED) is 0.730. The maximum atomic E-state index is 12.7. The summed E-state index contributed by atoms with van der Waals surface area (Å²) in [6.45, 7) is 1.58. The Morgan fingerprint density at radius 3 is 2.30 bits per heavy atom. The van der Waals surface area contributed by atoms with Crippen LogP contribution < -0.4 is 0 Å². The van der Waals surface area contributed by atoms with E-state index in [4.69, 9.17) is 0 Å². The van der Waals surface area contributed by atoms with Crippen LogP contribution in [0.4, 0.5) is 13.2 Å². The standard InChI is InChI=1S/C15H11F3OS/c1-10-7-12(15(16,17)18)9-13(8-10)20-14(19)11-5-3-2-4-6-11/h2-9H,1H3. The van der Waals surface area contributed by atoms with Crippen LogP contribution in [0.15, 0.2) is 53.4 Å². The molecule has 5 heteroatoms. The Labute approximate surface area is 118 Å². The van der Waals surface area contributed by atoms with E-state index in [1.165, 1.54) is 0 Å². The predicted octanol–water partition coefficient (Wildman–Crippen LogP) is 4.95. The van der Waals surface area contributed by atoms with Gasteiger partial charge in [-0.1, -0.05) is 30.3 Å². The van der Waals surface area contributed by atoms with Crippen molar-refractivity contribution >= 4 is 16.9 Å². The predicted molar refractivity (Wildman–Crippen MR) is 72.8 cm³/mol. The Bertz CT molecular complexity index is 621. The lowest BCUT2D eigenvalue weighted by Gasteiger charge is -2.10. The summed E-state index contributed by atoms with van der Waals surface area (Å²) in [6, 6.07) is 12.1. The number of halogens is 3. The van der Waals surface area contributed by atoms with Gasteiger partial charge in [0, 0.05) is 10.5 Å². The van der Waals surface area contributed by atoms with E-state index in [9.17, 15) is 18.0 Å². The van der Waals surface area contributed by atoms with E-state index in [0.717, 1.165) is 23.9 Å². The van der Waals surface area contributed by atoms with Gasteiger partial charge in [-0.2, -0.15) is 13.2 Å². The zero-order chi connectivity index (χ0) is 14.8. The molecule has 0 bridgehead atoms. The van der Waals surface area contributed by atoms with Crippen molar-refractivity contribution in [3.05, 3.63) is 65.2 Å². The van der Waals surface area contributed by atoms with Gasteiger partial charge in [0.1, 0.15) is 0 Å². The van der Waals surface area contributed by atoms with Crippen LogP contribution >= 0.6 is 11.8 Å². The number of hydrogen-bond donors (Lipinski definition) is 0. The summed E-state index contributed by atoms with van der Waals surface area (Å²) in [5.41, 5.74) is 0.205. The first-order valence-corrected chi connectivity index (χ1v) is 6.64. The van der Waals surface area contributed by atoms with Gasteiger partial charge >= 0.3 is 6.18 Å². The lowest BCUT2D eigenvalue weighted by molar-refractivity contribution is -0.137. The van der Waals surface area contributed by atoms with Crippen molar-refractivity contribution in [1.82, 2.24) is 0 Å². The molecule has 0 saturated carbocycles. The van der Waals surface area contributed by atoms with Crippen molar-refractivity contribution < 1.29 is 18.0 Å². The molecule has 0 aliphatic carbocycles. The highest BCUT2D eigenvalue weighted by Gasteiger charge is 2.31. The van der Waals surface area contributed by atoms with Crippen LogP contribution in [0.3, 0.4) is 0 Å². The van der Waals surface area contributed by atoms with Gasteiger partial charge in [-0.3, -0.25) is 4.79 Å². The Balaban J connectivity index is 2.26. The number of carbonyl (C=O) groups excluding carboxylic acids is 1. The van der Waals surface area contributed by atoms with Gasteiger partial charge in [0.05, 0.1) is 5.56 Å². The molecule has 0 radical (unpaired) electrons. The minimum absolute atomic E-state index is 0.274. The number of hydrogen-bond acceptors (Lipinski definition) is 2. The third-order valence-electron chi connectivity index (χ3n) is 2.60. The molecule has 0 aliphatic rings. The molecule has 1 nitrogen and oxygen atoms in total. The van der Waals surface area contributed by atoms with E-state index in [1.807, 2.05) is 0 Å². The molecular weight excluding hydrogens is 285 g/mol. The van der Waals surface area contributed by atoms with E-state index in [1.54, 1.807) is 43.3 Å². The lowest BCUT2D eigenvalue weighted by Crippen LogP contribution is -2.05. The summed E-state index contributed by atoms with van der Waals surface area (Å²) in [6.07, 6.45) is -4.41. The zero-order valence-corrected chi connectivity index (χ0v) is 11.4. The van der Waals surface area contributed by atoms with Crippen LogP contribution in [0.1, 0.15) is 21.5 Å². The maximum absolute atomic E-state index is 12.7. The zero-order valence-electron chi connectivity index (χ0n) is 10.6. The first-order chi connectivity index (χ1) is 9.36. The van der Waals surface area contributed by atoms with Crippen molar-refractivity contribution in [3.63, 3.8) is 0 Å². The van der Waals surface area contributed by atoms with Gasteiger partial charge in [0.15, 0.2) is 0 Å². The summed E-state index contributed by atoms with van der Waals surface area (Å²) >= 11 is 0.802. The molecule has 0 fully saturated rings. The number of thioether (sulfide) groups is 1. The van der Waals surface area contributed by atoms with Gasteiger partial charge in [-0.15, -0.1) is 0 Å². The first kappa shape index (κ1) is 14.7. The fourth-order valence-corrected chi connectivity index (χ4v) is 2.61. The molecule has 20 heavy (non-hydrogen) atoms. The summed E-state index contributed by atoms with van der Waals surface area (Å²) in [5, 5.41) is -0.274. The molecule has 0 N–H and O–H groups in total. The van der Waals surface area contributed by atoms with Crippen molar-refractivity contribution in [1.29, 1.82) is 0 Å². The Kier molecular flexibility index (Phi) is 4.18. The second-order valence-electron chi connectivity index (χ2n) is 4.29. The van der Waals surface area contributed by atoms with Crippen LogP contribution in [0.2, 0.25) is 0 Å². The Morgan fingerprint density at radius 2 is 1.70 bits per heavy atom. The highest BCUT2D eigenvalue weighted by atomic mass is 32.2. The molecule has 2 aromatic rings. The van der Waals surface area contributed by atoms with Gasteiger partial charge < -0.3 is 0 Å². The van der Waals surface area contributed by atoms with Gasteiger partial charge in [0.25, 0.3) is 0 Å². The lowest BCUT2D eigenvalue weighted by atomic mass is 10.1. The average molecular weight is 296 g/mol. The van der Waals surface area contributed by atoms with Crippen LogP contribution in [0.5, 0.6) is 0 Å². The summed E-state index contributed by atoms with van der Waals surface area (Å²) < 4.78 is 38.1. The molecule has 0 heterocycles. The van der Waals surface area contributed by atoms with Gasteiger partial charge in [0.2, 0.25) is 5.12 Å². The highest BCUT2D eigenvalue weighted by molar-refractivity contribution is 8.14. The minimum atomic E-state index is -4.41. The molecule has 0 aromatic heterocycles. The number of rotatable bonds is 2. The van der Waals surface area contributed by atoms with E-state index in [0.29, 0.717) is 16.0 Å². The molecule has 0 amide bonds. The minimum Gasteiger partial charge on any atom is -0.281 e. The SMILES string of the molecule is Cc1cc(SC(=O)c2ccccc2)cc(C(F)(F)F)c1. The summed E-state index contributed by atoms with van der Waals surface area (Å²) in [7, 11) is 0. The molecule has 0 unspecified atom stereocenters. The molecule has 2 aromatic carbocycles. The van der Waals surface area contributed by atoms with Crippen LogP contribution in [0.25, 0.3) is 0 Å². The van der Waals surface area contributed by atoms with Crippen molar-refractivity contribution in [2.45, 2.75) is 18.0 Å². The van der Waals surface area contributed by atoms with Crippen molar-refractivity contribution in [3.8, 4) is 0 Å². The van der Waals surface area contributed by atoms with E-state index < -0.39 is 11.7 Å². The van der Waals surface area contributed by atoms with E-state index in [2.05, 4.69) is 0 Å². The van der Waals surface area contributed by atoms with Crippen LogP contribution in [0, 0.1) is 6.92 Å². The molecular formula is C15H11F3OS. The normalized spacial score (nSPS) is 11.4. The molecule has 104 valence electrons. The fourth-order valence-electron chi connectivity index (χ4n) is 1.71. The third kappa shape index (κ3) is 3.63. The van der Waals surface area contributed by atoms with E-state index in [-0.39, 0.29) is 5.12 Å². The van der Waals surface area contributed by atoms with Gasteiger partial charge in [-0.25, -0.2) is 0 Å². The largest absolute Gasteiger partial charge is 0.416 e. The molecule has 0 spiro atoms. The monoisotopic (exact) mass is 296 g/mol. The second-order valence-corrected chi connectivity index (χ2v) is 5.33. The van der Waals surface area contributed by atoms with Crippen molar-refractivity contribution in [2.75, 3.05) is 0 Å². The Hall–Kier alpha value is -1.75. The van der Waals surface area contributed by atoms with E-state index >= 15 is 0 Å². The first-order valence-electron chi connectivity index (χ1n) is 5.82. The topological polar surface area (TPSA) is 17.1 Å². The highest BCUT2D eigenvalue weighted by Crippen LogP contribution is 2.33. The molecule has 2 rings (SSSR count). The maximum Gasteiger partial charge on any atom is 0.416 e. The number of aryl methyl sites for hydroxylation is 1. The Morgan fingerprint density at radius 1 is 1.05 bits per heavy atom. The van der Waals surface area contributed by atoms with Crippen molar-refractivity contribution in [2.24, 2.45) is 0 Å². The third-order valence-corrected chi connectivity index (χ3v) is 3.49. The second kappa shape index (κ2) is 5.71. The number of benzene rings is 2. The summed E-state index contributed by atoms with van der Waals surface area (Å²) in [4.78, 5) is 12.3.